The highest BCUT2D eigenvalue weighted by molar-refractivity contribution is 6.30. The molecular weight excluding hydrogens is 320 g/mol. The molecule has 0 aliphatic carbocycles. The Morgan fingerprint density at radius 2 is 1.44 bits per heavy atom. The summed E-state index contributed by atoms with van der Waals surface area (Å²) in [4.78, 5) is 37.7. The number of hydrogen-bond acceptors (Lipinski definition) is 4. The van der Waals surface area contributed by atoms with Gasteiger partial charge in [0.15, 0.2) is 11.3 Å². The van der Waals surface area contributed by atoms with Crippen LogP contribution in [0, 0.1) is 0 Å². The molecule has 2 aromatic carbocycles. The van der Waals surface area contributed by atoms with Gasteiger partial charge < -0.3 is 10.4 Å². The Hall–Kier alpha value is -3.41. The lowest BCUT2D eigenvalue weighted by Gasteiger charge is -2.14. The Bertz CT molecular complexity index is 844. The van der Waals surface area contributed by atoms with E-state index >= 15 is 0 Å². The first-order valence-corrected chi connectivity index (χ1v) is 7.73. The van der Waals surface area contributed by atoms with Crippen molar-refractivity contribution in [3.05, 3.63) is 83.1 Å². The normalized spacial score (nSPS) is 14.2. The fourth-order valence-electron chi connectivity index (χ4n) is 2.54. The van der Waals surface area contributed by atoms with E-state index in [0.29, 0.717) is 0 Å². The Morgan fingerprint density at radius 3 is 2.04 bits per heavy atom. The summed E-state index contributed by atoms with van der Waals surface area (Å²) in [6.07, 6.45) is 0. The van der Waals surface area contributed by atoms with E-state index in [-0.39, 0.29) is 13.1 Å². The fraction of sp³-hybridized carbons (Fsp3) is 0.105. The van der Waals surface area contributed by atoms with Gasteiger partial charge in [-0.05, 0) is 11.1 Å². The topological polar surface area (TPSA) is 86.7 Å². The molecule has 1 aliphatic heterocycles. The zero-order chi connectivity index (χ0) is 17.8. The predicted molar refractivity (Wildman–Crippen MR) is 89.9 cm³/mol. The number of carbonyl (C=O) groups is 3. The molecule has 2 N–H and O–H groups in total. The maximum absolute atomic E-state index is 12.4. The second-order valence-electron chi connectivity index (χ2n) is 5.57. The van der Waals surface area contributed by atoms with Crippen LogP contribution >= 0.6 is 0 Å². The summed E-state index contributed by atoms with van der Waals surface area (Å²) in [5, 5.41) is 12.5. The van der Waals surface area contributed by atoms with E-state index in [1.807, 2.05) is 36.4 Å². The van der Waals surface area contributed by atoms with Gasteiger partial charge in [0, 0.05) is 6.54 Å². The van der Waals surface area contributed by atoms with Crippen molar-refractivity contribution in [3.8, 4) is 0 Å². The number of hydrogen-bond donors (Lipinski definition) is 2. The third-order valence-electron chi connectivity index (χ3n) is 3.85. The first kappa shape index (κ1) is 16.4. The molecule has 0 radical (unpaired) electrons. The number of benzene rings is 2. The van der Waals surface area contributed by atoms with Gasteiger partial charge in [-0.3, -0.25) is 19.3 Å². The molecule has 0 spiro atoms. The van der Waals surface area contributed by atoms with Crippen LogP contribution < -0.4 is 5.32 Å². The molecule has 126 valence electrons. The van der Waals surface area contributed by atoms with E-state index in [1.165, 1.54) is 0 Å². The molecule has 6 nitrogen and oxygen atoms in total. The van der Waals surface area contributed by atoms with Gasteiger partial charge in [-0.15, -0.1) is 0 Å². The van der Waals surface area contributed by atoms with Crippen molar-refractivity contribution in [1.82, 2.24) is 10.2 Å². The number of aliphatic hydroxyl groups excluding tert-OH is 1. The molecule has 2 aromatic rings. The van der Waals surface area contributed by atoms with Crippen LogP contribution in [0.5, 0.6) is 0 Å². The molecular formula is C19H16N2O4. The van der Waals surface area contributed by atoms with Crippen molar-refractivity contribution < 1.29 is 19.5 Å². The van der Waals surface area contributed by atoms with Gasteiger partial charge in [-0.25, -0.2) is 0 Å². The lowest BCUT2D eigenvalue weighted by molar-refractivity contribution is -0.139. The molecule has 3 rings (SSSR count). The average molecular weight is 336 g/mol. The van der Waals surface area contributed by atoms with Crippen LogP contribution in [0.3, 0.4) is 0 Å². The smallest absolute Gasteiger partial charge is 0.296 e. The van der Waals surface area contributed by atoms with Gasteiger partial charge in [0.05, 0.1) is 6.54 Å². The van der Waals surface area contributed by atoms with Gasteiger partial charge in [0.1, 0.15) is 0 Å². The van der Waals surface area contributed by atoms with Gasteiger partial charge in [-0.1, -0.05) is 60.7 Å². The summed E-state index contributed by atoms with van der Waals surface area (Å²) >= 11 is 0. The first-order chi connectivity index (χ1) is 12.1. The fourth-order valence-corrected chi connectivity index (χ4v) is 2.54. The second-order valence-corrected chi connectivity index (χ2v) is 5.57. The van der Waals surface area contributed by atoms with Crippen LogP contribution in [-0.4, -0.2) is 27.7 Å². The summed E-state index contributed by atoms with van der Waals surface area (Å²) in [6, 6.07) is 18.0. The number of rotatable bonds is 5. The minimum Gasteiger partial charge on any atom is -0.502 e. The van der Waals surface area contributed by atoms with Crippen LogP contribution in [0.25, 0.3) is 0 Å². The van der Waals surface area contributed by atoms with Gasteiger partial charge in [-0.2, -0.15) is 0 Å². The monoisotopic (exact) mass is 336 g/mol. The first-order valence-electron chi connectivity index (χ1n) is 7.73. The van der Waals surface area contributed by atoms with Crippen molar-refractivity contribution in [1.29, 1.82) is 0 Å². The minimum absolute atomic E-state index is 0.00195. The number of amides is 3. The van der Waals surface area contributed by atoms with E-state index in [2.05, 4.69) is 5.32 Å². The van der Waals surface area contributed by atoms with Crippen molar-refractivity contribution in [2.75, 3.05) is 0 Å². The quantitative estimate of drug-likeness (QED) is 0.642. The maximum atomic E-state index is 12.4. The maximum Gasteiger partial charge on any atom is 0.296 e. The molecule has 0 aromatic heterocycles. The molecule has 0 bridgehead atoms. The van der Waals surface area contributed by atoms with Gasteiger partial charge >= 0.3 is 0 Å². The number of imide groups is 1. The zero-order valence-corrected chi connectivity index (χ0v) is 13.3. The number of carbonyl (C=O) groups excluding carboxylic acids is 3. The number of nitrogens with zero attached hydrogens (tertiary/aromatic N) is 1. The molecule has 0 saturated carbocycles. The van der Waals surface area contributed by atoms with E-state index in [0.717, 1.165) is 16.0 Å². The minimum atomic E-state index is -0.862. The van der Waals surface area contributed by atoms with Crippen LogP contribution in [0.2, 0.25) is 0 Å². The molecule has 1 heterocycles. The summed E-state index contributed by atoms with van der Waals surface area (Å²) < 4.78 is 0. The average Bonchev–Trinajstić information content (AvgIpc) is 2.85. The summed E-state index contributed by atoms with van der Waals surface area (Å²) in [5.41, 5.74) is 1.05. The predicted octanol–water partition coefficient (Wildman–Crippen LogP) is 1.68. The standard InChI is InChI=1S/C19H16N2O4/c22-16-15(17(23)20-11-13-7-3-1-4-8-13)18(24)21(19(16)25)12-14-9-5-2-6-10-14/h1-10,22H,11-12H2,(H,20,23). The lowest BCUT2D eigenvalue weighted by atomic mass is 10.2. The largest absolute Gasteiger partial charge is 0.502 e. The molecule has 0 atom stereocenters. The highest BCUT2D eigenvalue weighted by Crippen LogP contribution is 2.21. The Kier molecular flexibility index (Phi) is 4.61. The van der Waals surface area contributed by atoms with E-state index in [9.17, 15) is 19.5 Å². The zero-order valence-electron chi connectivity index (χ0n) is 13.3. The molecule has 0 unspecified atom stereocenters. The summed E-state index contributed by atoms with van der Waals surface area (Å²) in [6.45, 7) is 0.189. The second kappa shape index (κ2) is 7.00. The summed E-state index contributed by atoms with van der Waals surface area (Å²) in [7, 11) is 0. The van der Waals surface area contributed by atoms with E-state index in [1.54, 1.807) is 24.3 Å². The van der Waals surface area contributed by atoms with Crippen LogP contribution in [0.4, 0.5) is 0 Å². The van der Waals surface area contributed by atoms with Gasteiger partial charge in [0.25, 0.3) is 17.7 Å². The van der Waals surface area contributed by atoms with Crippen molar-refractivity contribution >= 4 is 17.7 Å². The number of aliphatic hydroxyl groups is 1. The number of nitrogens with one attached hydrogen (secondary N) is 1. The van der Waals surface area contributed by atoms with Crippen LogP contribution in [0.15, 0.2) is 72.0 Å². The highest BCUT2D eigenvalue weighted by atomic mass is 16.3. The van der Waals surface area contributed by atoms with Crippen molar-refractivity contribution in [3.63, 3.8) is 0 Å². The molecule has 6 heteroatoms. The summed E-state index contributed by atoms with van der Waals surface area (Å²) in [5.74, 6) is -3.24. The third kappa shape index (κ3) is 3.42. The van der Waals surface area contributed by atoms with E-state index in [4.69, 9.17) is 0 Å². The Morgan fingerprint density at radius 1 is 0.880 bits per heavy atom. The lowest BCUT2D eigenvalue weighted by Crippen LogP contribution is -2.34. The van der Waals surface area contributed by atoms with Crippen LogP contribution in [0.1, 0.15) is 11.1 Å². The SMILES string of the molecule is O=C(NCc1ccccc1)C1=C(O)C(=O)N(Cc2ccccc2)C1=O. The van der Waals surface area contributed by atoms with Crippen LogP contribution in [-0.2, 0) is 27.5 Å². The molecule has 0 fully saturated rings. The van der Waals surface area contributed by atoms with Gasteiger partial charge in [0.2, 0.25) is 0 Å². The molecule has 3 amide bonds. The Balaban J connectivity index is 1.71. The molecule has 1 aliphatic rings. The Labute approximate surface area is 144 Å². The van der Waals surface area contributed by atoms with Crippen molar-refractivity contribution in [2.45, 2.75) is 13.1 Å². The van der Waals surface area contributed by atoms with Crippen molar-refractivity contribution in [2.24, 2.45) is 0 Å². The third-order valence-corrected chi connectivity index (χ3v) is 3.85. The highest BCUT2D eigenvalue weighted by Gasteiger charge is 2.41. The van der Waals surface area contributed by atoms with E-state index < -0.39 is 29.1 Å². The molecule has 0 saturated heterocycles. The molecule has 25 heavy (non-hydrogen) atoms.